The molecule has 0 aliphatic rings. The maximum Gasteiger partial charge on any atom is 0.126 e. The highest BCUT2D eigenvalue weighted by molar-refractivity contribution is 5.72. The molecule has 0 bridgehead atoms. The van der Waals surface area contributed by atoms with Gasteiger partial charge in [-0.25, -0.2) is 0 Å². The molecule has 0 amide bonds. The van der Waals surface area contributed by atoms with Gasteiger partial charge in [0.15, 0.2) is 0 Å². The van der Waals surface area contributed by atoms with Crippen molar-refractivity contribution in [1.29, 1.82) is 0 Å². The van der Waals surface area contributed by atoms with E-state index in [0.717, 1.165) is 5.56 Å². The number of aromatic hydroxyl groups is 1. The molecular formula is C14H22O2. The molecule has 1 aromatic carbocycles. The van der Waals surface area contributed by atoms with Crippen LogP contribution in [-0.2, 0) is 10.2 Å². The maximum atomic E-state index is 9.57. The first-order valence-corrected chi connectivity index (χ1v) is 5.42. The van der Waals surface area contributed by atoms with Gasteiger partial charge in [-0.2, -0.15) is 0 Å². The molecule has 0 saturated heterocycles. The Morgan fingerprint density at radius 3 is 1.94 bits per heavy atom. The summed E-state index contributed by atoms with van der Waals surface area (Å²) in [7, 11) is 0. The van der Waals surface area contributed by atoms with E-state index in [2.05, 4.69) is 20.8 Å². The molecule has 2 heteroatoms. The highest BCUT2D eigenvalue weighted by Crippen LogP contribution is 2.30. The Bertz CT molecular complexity index is 355. The summed E-state index contributed by atoms with van der Waals surface area (Å²) in [5.74, 6) is 0.563. The quantitative estimate of drug-likeness (QED) is 0.728. The van der Waals surface area contributed by atoms with Gasteiger partial charge in [-0.3, -0.25) is 0 Å². The zero-order valence-electron chi connectivity index (χ0n) is 11.1. The van der Waals surface area contributed by atoms with Gasteiger partial charge in [-0.15, -0.1) is 0 Å². The number of phenolic OH excluding ortho intramolecular Hbond substituents is 1. The summed E-state index contributed by atoms with van der Waals surface area (Å²) in [4.78, 5) is 9.44. The van der Waals surface area contributed by atoms with Crippen LogP contribution in [0.25, 0.3) is 0 Å². The van der Waals surface area contributed by atoms with Crippen molar-refractivity contribution in [3.63, 3.8) is 0 Å². The van der Waals surface area contributed by atoms with Crippen LogP contribution in [0.15, 0.2) is 18.2 Å². The first kappa shape index (κ1) is 14.7. The predicted octanol–water partition coefficient (Wildman–Crippen LogP) is 3.59. The molecule has 1 N–H and O–H groups in total. The fourth-order valence-electron chi connectivity index (χ4n) is 1.25. The highest BCUT2D eigenvalue weighted by Gasteiger charge is 2.17. The van der Waals surface area contributed by atoms with Gasteiger partial charge < -0.3 is 9.90 Å². The molecule has 90 valence electrons. The Kier molecular flexibility index (Phi) is 5.22. The number of hydrogen-bond donors (Lipinski definition) is 1. The number of ketones is 1. The second-order valence-corrected chi connectivity index (χ2v) is 5.18. The lowest BCUT2D eigenvalue weighted by molar-refractivity contribution is -0.114. The van der Waals surface area contributed by atoms with Crippen LogP contribution in [0.1, 0.15) is 45.7 Å². The van der Waals surface area contributed by atoms with Crippen molar-refractivity contribution >= 4 is 5.78 Å². The summed E-state index contributed by atoms with van der Waals surface area (Å²) in [6.45, 7) is 11.4. The average molecular weight is 222 g/mol. The molecule has 16 heavy (non-hydrogen) atoms. The number of Topliss-reactive ketones (excluding diaryl/α,β-unsaturated/α-hetero) is 1. The van der Waals surface area contributed by atoms with E-state index in [0.29, 0.717) is 5.75 Å². The zero-order chi connectivity index (χ0) is 12.9. The number of carbonyl (C=O) groups excluding carboxylic acids is 1. The summed E-state index contributed by atoms with van der Waals surface area (Å²) in [6, 6.07) is 5.72. The molecule has 0 radical (unpaired) electrons. The monoisotopic (exact) mass is 222 g/mol. The summed E-state index contributed by atoms with van der Waals surface area (Å²) >= 11 is 0. The van der Waals surface area contributed by atoms with Gasteiger partial charge in [0, 0.05) is 0 Å². The van der Waals surface area contributed by atoms with Crippen molar-refractivity contribution in [3.8, 4) is 5.75 Å². The lowest BCUT2D eigenvalue weighted by atomic mass is 9.85. The number of aryl methyl sites for hydroxylation is 1. The summed E-state index contributed by atoms with van der Waals surface area (Å²) in [6.07, 6.45) is 0. The van der Waals surface area contributed by atoms with Crippen LogP contribution < -0.4 is 0 Å². The first-order chi connectivity index (χ1) is 7.14. The lowest BCUT2D eigenvalue weighted by Crippen LogP contribution is -2.11. The Morgan fingerprint density at radius 1 is 1.19 bits per heavy atom. The van der Waals surface area contributed by atoms with Crippen LogP contribution in [0, 0.1) is 6.92 Å². The van der Waals surface area contributed by atoms with E-state index in [1.54, 1.807) is 6.07 Å². The standard InChI is InChI=1S/C11H16O.C3H6O/c1-8-5-6-10(12)9(7-8)11(2,3)4;1-3(2)4/h5-7,12H,1-4H3;1-2H3. The maximum absolute atomic E-state index is 9.57. The van der Waals surface area contributed by atoms with Crippen molar-refractivity contribution in [1.82, 2.24) is 0 Å². The lowest BCUT2D eigenvalue weighted by Gasteiger charge is -2.20. The normalized spacial score (nSPS) is 10.4. The van der Waals surface area contributed by atoms with Crippen LogP contribution >= 0.6 is 0 Å². The smallest absolute Gasteiger partial charge is 0.126 e. The Morgan fingerprint density at radius 2 is 1.62 bits per heavy atom. The molecule has 1 rings (SSSR count). The molecule has 0 heterocycles. The average Bonchev–Trinajstić information content (AvgIpc) is 2.06. The van der Waals surface area contributed by atoms with Crippen LogP contribution in [0.4, 0.5) is 0 Å². The van der Waals surface area contributed by atoms with Crippen molar-refractivity contribution in [2.24, 2.45) is 0 Å². The molecule has 0 spiro atoms. The van der Waals surface area contributed by atoms with Crippen LogP contribution in [0.5, 0.6) is 5.75 Å². The van der Waals surface area contributed by atoms with Gasteiger partial charge in [0.05, 0.1) is 0 Å². The Balaban J connectivity index is 0.000000487. The number of phenols is 1. The molecule has 0 unspecified atom stereocenters. The van der Waals surface area contributed by atoms with Gasteiger partial charge in [0.2, 0.25) is 0 Å². The number of hydrogen-bond acceptors (Lipinski definition) is 2. The molecule has 0 saturated carbocycles. The molecule has 0 aliphatic heterocycles. The van der Waals surface area contributed by atoms with E-state index in [9.17, 15) is 9.90 Å². The zero-order valence-corrected chi connectivity index (χ0v) is 11.1. The van der Waals surface area contributed by atoms with E-state index >= 15 is 0 Å². The SMILES string of the molecule is CC(C)=O.Cc1ccc(O)c(C(C)(C)C)c1. The molecule has 0 fully saturated rings. The number of rotatable bonds is 0. The van der Waals surface area contributed by atoms with E-state index in [4.69, 9.17) is 0 Å². The molecule has 2 nitrogen and oxygen atoms in total. The van der Waals surface area contributed by atoms with Crippen LogP contribution in [0.3, 0.4) is 0 Å². The third-order valence-electron chi connectivity index (χ3n) is 1.96. The minimum Gasteiger partial charge on any atom is -0.508 e. The van der Waals surface area contributed by atoms with E-state index < -0.39 is 0 Å². The van der Waals surface area contributed by atoms with Crippen LogP contribution in [0.2, 0.25) is 0 Å². The fraction of sp³-hybridized carbons (Fsp3) is 0.500. The molecule has 0 atom stereocenters. The van der Waals surface area contributed by atoms with Gasteiger partial charge >= 0.3 is 0 Å². The minimum atomic E-state index is 0.0239. The highest BCUT2D eigenvalue weighted by atomic mass is 16.3. The van der Waals surface area contributed by atoms with Gasteiger partial charge in [-0.1, -0.05) is 38.5 Å². The van der Waals surface area contributed by atoms with Gasteiger partial charge in [0.1, 0.15) is 11.5 Å². The Hall–Kier alpha value is -1.31. The molecular weight excluding hydrogens is 200 g/mol. The molecule has 1 aromatic rings. The van der Waals surface area contributed by atoms with Crippen molar-refractivity contribution in [3.05, 3.63) is 29.3 Å². The minimum absolute atomic E-state index is 0.0239. The van der Waals surface area contributed by atoms with Crippen molar-refractivity contribution in [2.75, 3.05) is 0 Å². The Labute approximate surface area is 98.3 Å². The topological polar surface area (TPSA) is 37.3 Å². The number of benzene rings is 1. The summed E-state index contributed by atoms with van der Waals surface area (Å²) in [5, 5.41) is 9.57. The fourth-order valence-corrected chi connectivity index (χ4v) is 1.25. The van der Waals surface area contributed by atoms with Crippen molar-refractivity contribution < 1.29 is 9.90 Å². The molecule has 0 aromatic heterocycles. The summed E-state index contributed by atoms with van der Waals surface area (Å²) in [5.41, 5.74) is 2.23. The van der Waals surface area contributed by atoms with Gasteiger partial charge in [0.25, 0.3) is 0 Å². The summed E-state index contributed by atoms with van der Waals surface area (Å²) < 4.78 is 0. The van der Waals surface area contributed by atoms with E-state index in [1.807, 2.05) is 19.1 Å². The number of carbonyl (C=O) groups is 1. The van der Waals surface area contributed by atoms with E-state index in [1.165, 1.54) is 19.4 Å². The largest absolute Gasteiger partial charge is 0.508 e. The van der Waals surface area contributed by atoms with Crippen LogP contribution in [-0.4, -0.2) is 10.9 Å². The van der Waals surface area contributed by atoms with Crippen molar-refractivity contribution in [2.45, 2.75) is 47.0 Å². The predicted molar refractivity (Wildman–Crippen MR) is 67.9 cm³/mol. The molecule has 0 aliphatic carbocycles. The van der Waals surface area contributed by atoms with E-state index in [-0.39, 0.29) is 11.2 Å². The first-order valence-electron chi connectivity index (χ1n) is 5.42. The third kappa shape index (κ3) is 5.54. The third-order valence-corrected chi connectivity index (χ3v) is 1.96. The second-order valence-electron chi connectivity index (χ2n) is 5.18. The van der Waals surface area contributed by atoms with Gasteiger partial charge in [-0.05, 0) is 37.8 Å². The second kappa shape index (κ2) is 5.69.